The molecule has 0 spiro atoms. The number of rotatable bonds is 9. The highest BCUT2D eigenvalue weighted by Gasteiger charge is 2.35. The lowest BCUT2D eigenvalue weighted by molar-refractivity contribution is 0.0655. The van der Waals surface area contributed by atoms with Gasteiger partial charge in [0.05, 0.1) is 16.8 Å². The summed E-state index contributed by atoms with van der Waals surface area (Å²) >= 11 is 3.51. The number of benzene rings is 3. The number of nitrogens with zero attached hydrogens (tertiary/aromatic N) is 5. The summed E-state index contributed by atoms with van der Waals surface area (Å²) in [7, 11) is 3.96. The van der Waals surface area contributed by atoms with Gasteiger partial charge in [0.15, 0.2) is 5.78 Å². The maximum atomic E-state index is 13.6. The van der Waals surface area contributed by atoms with E-state index in [9.17, 15) is 14.4 Å². The van der Waals surface area contributed by atoms with Crippen LogP contribution >= 0.6 is 15.9 Å². The summed E-state index contributed by atoms with van der Waals surface area (Å²) in [5, 5.41) is 8.91. The minimum Gasteiger partial charge on any atom is -0.309 e. The van der Waals surface area contributed by atoms with Crippen LogP contribution < -0.4 is 0 Å². The number of amides is 2. The van der Waals surface area contributed by atoms with Crippen LogP contribution in [0.5, 0.6) is 0 Å². The van der Waals surface area contributed by atoms with Crippen molar-refractivity contribution in [2.45, 2.75) is 12.8 Å². The van der Waals surface area contributed by atoms with Crippen LogP contribution in [0.1, 0.15) is 48.3 Å². The van der Waals surface area contributed by atoms with E-state index in [4.69, 9.17) is 0 Å². The largest absolute Gasteiger partial charge is 0.309 e. The Morgan fingerprint density at radius 2 is 1.45 bits per heavy atom. The molecule has 0 atom stereocenters. The van der Waals surface area contributed by atoms with Gasteiger partial charge in [-0.05, 0) is 44.4 Å². The Bertz CT molecular complexity index is 1500. The molecule has 4 aromatic rings. The normalized spacial score (nSPS) is 12.9. The number of halogens is 1. The number of hydrogen-bond acceptors (Lipinski definition) is 6. The lowest BCUT2D eigenvalue weighted by Gasteiger charge is -2.18. The molecule has 0 fully saturated rings. The van der Waals surface area contributed by atoms with Crippen LogP contribution in [0.3, 0.4) is 0 Å². The Morgan fingerprint density at radius 3 is 2.08 bits per heavy atom. The number of fused-ring (bicyclic) bond motifs is 1. The summed E-state index contributed by atoms with van der Waals surface area (Å²) in [6, 6.07) is 21.5. The highest BCUT2D eigenvalue weighted by atomic mass is 79.9. The quantitative estimate of drug-likeness (QED) is 0.221. The molecule has 0 radical (unpaired) electrons. The summed E-state index contributed by atoms with van der Waals surface area (Å²) < 4.78 is 2.67. The maximum absolute atomic E-state index is 13.6. The van der Waals surface area contributed by atoms with Gasteiger partial charge in [-0.15, -0.1) is 10.2 Å². The van der Waals surface area contributed by atoms with E-state index in [1.165, 1.54) is 4.90 Å². The van der Waals surface area contributed by atoms with E-state index in [-0.39, 0.29) is 30.6 Å². The monoisotopic (exact) mass is 571 g/mol. The molecule has 3 aromatic carbocycles. The summed E-state index contributed by atoms with van der Waals surface area (Å²) in [6.07, 6.45) is 0.886. The fraction of sp³-hybridized carbons (Fsp3) is 0.207. The molecule has 0 unspecified atom stereocenters. The van der Waals surface area contributed by atoms with Crippen LogP contribution in [-0.4, -0.2) is 69.3 Å². The molecule has 9 heteroatoms. The molecule has 0 N–H and O–H groups in total. The number of aromatic nitrogens is 3. The predicted octanol–water partition coefficient (Wildman–Crippen LogP) is 4.20. The van der Waals surface area contributed by atoms with Crippen molar-refractivity contribution in [2.75, 3.05) is 27.2 Å². The molecule has 1 aromatic heterocycles. The van der Waals surface area contributed by atoms with Gasteiger partial charge in [0.25, 0.3) is 11.8 Å². The fourth-order valence-corrected chi connectivity index (χ4v) is 4.92. The Morgan fingerprint density at radius 1 is 0.842 bits per heavy atom. The molecule has 2 heterocycles. The van der Waals surface area contributed by atoms with Crippen molar-refractivity contribution in [3.05, 3.63) is 111 Å². The Kier molecular flexibility index (Phi) is 7.31. The molecule has 0 bridgehead atoms. The molecule has 8 nitrogen and oxygen atoms in total. The third-order valence-electron chi connectivity index (χ3n) is 6.50. The first kappa shape index (κ1) is 25.7. The Balaban J connectivity index is 1.53. The van der Waals surface area contributed by atoms with Crippen LogP contribution in [-0.2, 0) is 12.8 Å². The van der Waals surface area contributed by atoms with Crippen LogP contribution in [0, 0.1) is 0 Å². The topological polar surface area (TPSA) is 88.4 Å². The fourth-order valence-electron chi connectivity index (χ4n) is 4.56. The molecular weight excluding hydrogens is 546 g/mol. The van der Waals surface area contributed by atoms with Crippen LogP contribution in [0.4, 0.5) is 0 Å². The van der Waals surface area contributed by atoms with Gasteiger partial charge < -0.3 is 4.90 Å². The van der Waals surface area contributed by atoms with Crippen LogP contribution in [0.15, 0.2) is 77.3 Å². The van der Waals surface area contributed by atoms with Crippen molar-refractivity contribution in [3.63, 3.8) is 0 Å². The van der Waals surface area contributed by atoms with E-state index in [0.717, 1.165) is 11.0 Å². The zero-order chi connectivity index (χ0) is 26.8. The molecule has 0 saturated carbocycles. The van der Waals surface area contributed by atoms with E-state index in [2.05, 4.69) is 31.0 Å². The van der Waals surface area contributed by atoms with Gasteiger partial charge in [0.1, 0.15) is 11.6 Å². The van der Waals surface area contributed by atoms with Crippen molar-refractivity contribution in [3.8, 4) is 5.69 Å². The van der Waals surface area contributed by atoms with E-state index in [0.29, 0.717) is 46.0 Å². The van der Waals surface area contributed by atoms with Gasteiger partial charge in [-0.2, -0.15) is 0 Å². The average molecular weight is 572 g/mol. The van der Waals surface area contributed by atoms with Crippen molar-refractivity contribution in [2.24, 2.45) is 0 Å². The molecular formula is C29H26BrN5O3. The van der Waals surface area contributed by atoms with Crippen LogP contribution in [0.25, 0.3) is 5.69 Å². The number of ketones is 1. The third kappa shape index (κ3) is 4.94. The average Bonchev–Trinajstić information content (AvgIpc) is 3.44. The van der Waals surface area contributed by atoms with Gasteiger partial charge in [0.2, 0.25) is 0 Å². The van der Waals surface area contributed by atoms with Gasteiger partial charge in [0, 0.05) is 41.5 Å². The first-order valence-corrected chi connectivity index (χ1v) is 13.1. The van der Waals surface area contributed by atoms with Crippen molar-refractivity contribution >= 4 is 33.5 Å². The summed E-state index contributed by atoms with van der Waals surface area (Å²) in [5.41, 5.74) is 2.54. The lowest BCUT2D eigenvalue weighted by atomic mass is 10.0. The Labute approximate surface area is 229 Å². The molecule has 1 aliphatic heterocycles. The number of carbonyl (C=O) groups excluding carboxylic acids is 3. The number of hydrogen-bond donors (Lipinski definition) is 0. The minimum absolute atomic E-state index is 0.125. The highest BCUT2D eigenvalue weighted by molar-refractivity contribution is 9.10. The van der Waals surface area contributed by atoms with Gasteiger partial charge >= 0.3 is 0 Å². The summed E-state index contributed by atoms with van der Waals surface area (Å²) in [6.45, 7) is 0.881. The van der Waals surface area contributed by atoms with E-state index < -0.39 is 0 Å². The zero-order valence-corrected chi connectivity index (χ0v) is 22.7. The predicted molar refractivity (Wildman–Crippen MR) is 147 cm³/mol. The number of carbonyl (C=O) groups is 3. The molecule has 0 saturated heterocycles. The van der Waals surface area contributed by atoms with Gasteiger partial charge in [-0.1, -0.05) is 58.4 Å². The molecule has 5 rings (SSSR count). The standard InChI is InChI=1S/C29H26BrN5O3/c1-33(2)16-14-25-31-32-26(15-17-34-28(37)21-10-6-7-11-22(21)29(34)38)35(25)24-13-12-20(30)18-23(24)27(36)19-8-4-3-5-9-19/h3-13,18H,14-17H2,1-2H3. The van der Waals surface area contributed by atoms with Crippen molar-refractivity contribution in [1.29, 1.82) is 0 Å². The van der Waals surface area contributed by atoms with E-state index >= 15 is 0 Å². The van der Waals surface area contributed by atoms with E-state index in [1.807, 2.05) is 49.0 Å². The van der Waals surface area contributed by atoms with Gasteiger partial charge in [-0.3, -0.25) is 23.9 Å². The molecule has 0 aliphatic carbocycles. The maximum Gasteiger partial charge on any atom is 0.261 e. The third-order valence-corrected chi connectivity index (χ3v) is 6.99. The zero-order valence-electron chi connectivity index (χ0n) is 21.1. The van der Waals surface area contributed by atoms with Crippen molar-refractivity contribution < 1.29 is 14.4 Å². The van der Waals surface area contributed by atoms with Gasteiger partial charge in [-0.25, -0.2) is 0 Å². The first-order chi connectivity index (χ1) is 18.3. The molecule has 38 heavy (non-hydrogen) atoms. The van der Waals surface area contributed by atoms with Crippen molar-refractivity contribution in [1.82, 2.24) is 24.6 Å². The second kappa shape index (κ2) is 10.8. The lowest BCUT2D eigenvalue weighted by Crippen LogP contribution is -2.32. The first-order valence-electron chi connectivity index (χ1n) is 12.3. The molecule has 1 aliphatic rings. The molecule has 2 amide bonds. The minimum atomic E-state index is -0.312. The smallest absolute Gasteiger partial charge is 0.261 e. The summed E-state index contributed by atoms with van der Waals surface area (Å²) in [4.78, 5) is 42.7. The second-order valence-electron chi connectivity index (χ2n) is 9.34. The molecule has 192 valence electrons. The van der Waals surface area contributed by atoms with E-state index in [1.54, 1.807) is 42.5 Å². The summed E-state index contributed by atoms with van der Waals surface area (Å²) in [5.74, 6) is 0.516. The number of imide groups is 1. The Hall–Kier alpha value is -3.95. The van der Waals surface area contributed by atoms with Crippen LogP contribution in [0.2, 0.25) is 0 Å². The second-order valence-corrected chi connectivity index (χ2v) is 10.3. The SMILES string of the molecule is CN(C)CCc1nnc(CCN2C(=O)c3ccccc3C2=O)n1-c1ccc(Br)cc1C(=O)c1ccccc1. The number of likely N-dealkylation sites (N-methyl/N-ethyl adjacent to an activating group) is 1. The highest BCUT2D eigenvalue weighted by Crippen LogP contribution is 2.27.